The van der Waals surface area contributed by atoms with Crippen molar-refractivity contribution in [1.29, 1.82) is 0 Å². The zero-order chi connectivity index (χ0) is 14.8. The molecular weight excluding hydrogens is 270 g/mol. The molecule has 114 valence electrons. The molecule has 6 heteroatoms. The van der Waals surface area contributed by atoms with Crippen LogP contribution in [0.15, 0.2) is 4.52 Å². The van der Waals surface area contributed by atoms with Crippen molar-refractivity contribution in [1.82, 2.24) is 10.1 Å². The van der Waals surface area contributed by atoms with Crippen LogP contribution in [0.5, 0.6) is 0 Å². The number of hydrogen-bond donors (Lipinski definition) is 1. The van der Waals surface area contributed by atoms with Crippen LogP contribution < -0.4 is 5.32 Å². The van der Waals surface area contributed by atoms with Crippen LogP contribution in [0, 0.1) is 0 Å². The maximum atomic E-state index is 12.4. The number of nitrogens with zero attached hydrogens (tertiary/aromatic N) is 2. The molecule has 1 aromatic rings. The molecule has 21 heavy (non-hydrogen) atoms. The van der Waals surface area contributed by atoms with Crippen LogP contribution in [0.25, 0.3) is 0 Å². The van der Waals surface area contributed by atoms with Crippen molar-refractivity contribution in [3.63, 3.8) is 0 Å². The first-order chi connectivity index (χ1) is 10.2. The van der Waals surface area contributed by atoms with Crippen molar-refractivity contribution in [2.45, 2.75) is 57.4 Å². The summed E-state index contributed by atoms with van der Waals surface area (Å²) in [5, 5.41) is 6.87. The predicted octanol–water partition coefficient (Wildman–Crippen LogP) is 1.89. The van der Waals surface area contributed by atoms with Gasteiger partial charge in [0, 0.05) is 25.5 Å². The van der Waals surface area contributed by atoms with Crippen molar-refractivity contribution in [2.24, 2.45) is 0 Å². The molecule has 1 aliphatic heterocycles. The van der Waals surface area contributed by atoms with E-state index in [4.69, 9.17) is 4.52 Å². The highest BCUT2D eigenvalue weighted by Crippen LogP contribution is 2.27. The largest absolute Gasteiger partial charge is 0.359 e. The van der Waals surface area contributed by atoms with Crippen LogP contribution >= 0.6 is 0 Å². The van der Waals surface area contributed by atoms with Gasteiger partial charge in [0.05, 0.1) is 0 Å². The molecule has 0 spiro atoms. The number of anilines is 1. The highest BCUT2D eigenvalue weighted by Gasteiger charge is 2.31. The number of hydrogen-bond acceptors (Lipinski definition) is 4. The number of piperidine rings is 1. The molecule has 1 saturated heterocycles. The number of likely N-dealkylation sites (N-methyl/N-ethyl adjacent to an activating group) is 1. The smallest absolute Gasteiger partial charge is 0.248 e. The van der Waals surface area contributed by atoms with E-state index >= 15 is 0 Å². The molecule has 1 atom stereocenters. The molecule has 6 nitrogen and oxygen atoms in total. The molecule has 2 heterocycles. The van der Waals surface area contributed by atoms with Crippen LogP contribution in [0.1, 0.15) is 49.8 Å². The van der Waals surface area contributed by atoms with E-state index in [1.165, 1.54) is 11.3 Å². The molecule has 3 rings (SSSR count). The van der Waals surface area contributed by atoms with Gasteiger partial charge in [-0.1, -0.05) is 11.6 Å². The lowest BCUT2D eigenvalue weighted by Gasteiger charge is -2.31. The molecule has 0 aromatic carbocycles. The first-order valence-corrected chi connectivity index (χ1v) is 7.71. The average Bonchev–Trinajstić information content (AvgIpc) is 2.71. The number of carbonyl (C=O) groups is 2. The number of carbonyl (C=O) groups excluding carboxylic acids is 2. The lowest BCUT2D eigenvalue weighted by atomic mass is 10.0. The van der Waals surface area contributed by atoms with Gasteiger partial charge >= 0.3 is 0 Å². The van der Waals surface area contributed by atoms with Gasteiger partial charge in [-0.2, -0.15) is 0 Å². The van der Waals surface area contributed by atoms with Crippen LogP contribution in [0.4, 0.5) is 5.82 Å². The Balaban J connectivity index is 1.73. The van der Waals surface area contributed by atoms with Gasteiger partial charge in [0.2, 0.25) is 11.8 Å². The zero-order valence-electron chi connectivity index (χ0n) is 12.4. The van der Waals surface area contributed by atoms with Gasteiger partial charge in [-0.15, -0.1) is 0 Å². The van der Waals surface area contributed by atoms with Gasteiger partial charge < -0.3 is 14.7 Å². The quantitative estimate of drug-likeness (QED) is 0.844. The Morgan fingerprint density at radius 2 is 2.05 bits per heavy atom. The Morgan fingerprint density at radius 3 is 2.90 bits per heavy atom. The lowest BCUT2D eigenvalue weighted by molar-refractivity contribution is -0.140. The van der Waals surface area contributed by atoms with Gasteiger partial charge in [-0.05, 0) is 32.1 Å². The van der Waals surface area contributed by atoms with E-state index in [0.717, 1.165) is 43.4 Å². The molecule has 0 radical (unpaired) electrons. The summed E-state index contributed by atoms with van der Waals surface area (Å²) < 4.78 is 5.36. The third kappa shape index (κ3) is 2.80. The van der Waals surface area contributed by atoms with Crippen molar-refractivity contribution in [3.8, 4) is 0 Å². The SMILES string of the molecule is CN1C(=O)CCCC1C(=O)Nc1noc2c1CCCCC2. The molecule has 0 bridgehead atoms. The summed E-state index contributed by atoms with van der Waals surface area (Å²) in [5.74, 6) is 1.31. The summed E-state index contributed by atoms with van der Waals surface area (Å²) in [6.07, 6.45) is 7.16. The Morgan fingerprint density at radius 1 is 1.24 bits per heavy atom. The second-order valence-corrected chi connectivity index (χ2v) is 5.90. The minimum Gasteiger partial charge on any atom is -0.359 e. The predicted molar refractivity (Wildman–Crippen MR) is 76.8 cm³/mol. The number of fused-ring (bicyclic) bond motifs is 1. The number of likely N-dealkylation sites (tertiary alicyclic amines) is 1. The molecule has 1 N–H and O–H groups in total. The van der Waals surface area contributed by atoms with E-state index in [-0.39, 0.29) is 11.8 Å². The van der Waals surface area contributed by atoms with Gasteiger partial charge in [0.1, 0.15) is 11.8 Å². The highest BCUT2D eigenvalue weighted by atomic mass is 16.5. The minimum absolute atomic E-state index is 0.0281. The highest BCUT2D eigenvalue weighted by molar-refractivity contribution is 5.97. The summed E-state index contributed by atoms with van der Waals surface area (Å²) in [5.41, 5.74) is 1.03. The fourth-order valence-electron chi connectivity index (χ4n) is 3.16. The second kappa shape index (κ2) is 5.87. The first kappa shape index (κ1) is 14.1. The Labute approximate surface area is 123 Å². The van der Waals surface area contributed by atoms with Gasteiger partial charge in [-0.3, -0.25) is 9.59 Å². The number of aromatic nitrogens is 1. The van der Waals surface area contributed by atoms with Crippen molar-refractivity contribution in [2.75, 3.05) is 12.4 Å². The summed E-state index contributed by atoms with van der Waals surface area (Å²) in [6.45, 7) is 0. The summed E-state index contributed by atoms with van der Waals surface area (Å²) in [6, 6.07) is -0.399. The van der Waals surface area contributed by atoms with Gasteiger partial charge in [0.15, 0.2) is 5.82 Å². The van der Waals surface area contributed by atoms with Crippen LogP contribution in [0.3, 0.4) is 0 Å². The minimum atomic E-state index is -0.399. The van der Waals surface area contributed by atoms with E-state index in [1.807, 2.05) is 0 Å². The van der Waals surface area contributed by atoms with Crippen LogP contribution in [-0.4, -0.2) is 35.0 Å². The number of rotatable bonds is 2. The topological polar surface area (TPSA) is 75.4 Å². The lowest BCUT2D eigenvalue weighted by Crippen LogP contribution is -2.47. The standard InChI is InChI=1S/C15H21N3O3/c1-18-11(7-5-9-13(18)19)15(20)16-14-10-6-3-2-4-8-12(10)21-17-14/h11H,2-9H2,1H3,(H,16,17,20). The van der Waals surface area contributed by atoms with Crippen molar-refractivity contribution >= 4 is 17.6 Å². The third-order valence-electron chi connectivity index (χ3n) is 4.47. The fraction of sp³-hybridized carbons (Fsp3) is 0.667. The average molecular weight is 291 g/mol. The molecule has 1 unspecified atom stereocenters. The van der Waals surface area contributed by atoms with E-state index in [1.54, 1.807) is 7.05 Å². The maximum Gasteiger partial charge on any atom is 0.248 e. The van der Waals surface area contributed by atoms with Crippen molar-refractivity contribution in [3.05, 3.63) is 11.3 Å². The maximum absolute atomic E-state index is 12.4. The normalized spacial score (nSPS) is 22.6. The fourth-order valence-corrected chi connectivity index (χ4v) is 3.16. The molecule has 1 fully saturated rings. The number of nitrogens with one attached hydrogen (secondary N) is 1. The van der Waals surface area contributed by atoms with E-state index in [9.17, 15) is 9.59 Å². The molecule has 1 aliphatic carbocycles. The van der Waals surface area contributed by atoms with E-state index < -0.39 is 6.04 Å². The van der Waals surface area contributed by atoms with Crippen LogP contribution in [-0.2, 0) is 22.4 Å². The molecule has 0 saturated carbocycles. The molecule has 2 aliphatic rings. The molecular formula is C15H21N3O3. The number of amides is 2. The zero-order valence-corrected chi connectivity index (χ0v) is 12.4. The summed E-state index contributed by atoms with van der Waals surface area (Å²) in [7, 11) is 1.69. The Kier molecular flexibility index (Phi) is 3.94. The first-order valence-electron chi connectivity index (χ1n) is 7.71. The molecule has 1 aromatic heterocycles. The van der Waals surface area contributed by atoms with Crippen LogP contribution in [0.2, 0.25) is 0 Å². The molecule has 2 amide bonds. The van der Waals surface area contributed by atoms with Gasteiger partial charge in [0.25, 0.3) is 0 Å². The van der Waals surface area contributed by atoms with Gasteiger partial charge in [-0.25, -0.2) is 0 Å². The Bertz CT molecular complexity index is 552. The second-order valence-electron chi connectivity index (χ2n) is 5.90. The van der Waals surface area contributed by atoms with E-state index in [0.29, 0.717) is 18.7 Å². The Hall–Kier alpha value is -1.85. The summed E-state index contributed by atoms with van der Waals surface area (Å²) >= 11 is 0. The summed E-state index contributed by atoms with van der Waals surface area (Å²) in [4.78, 5) is 25.6. The van der Waals surface area contributed by atoms with E-state index in [2.05, 4.69) is 10.5 Å². The third-order valence-corrected chi connectivity index (χ3v) is 4.47. The monoisotopic (exact) mass is 291 g/mol. The van der Waals surface area contributed by atoms with Crippen molar-refractivity contribution < 1.29 is 14.1 Å². The number of aryl methyl sites for hydroxylation is 1.